The number of nitrogens with one attached hydrogen (secondary N) is 3. The van der Waals surface area contributed by atoms with Crippen molar-refractivity contribution < 1.29 is 14.3 Å². The van der Waals surface area contributed by atoms with Crippen LogP contribution in [0.5, 0.6) is 0 Å². The number of carbonyl (C=O) groups is 2. The molecule has 2 amide bonds. The van der Waals surface area contributed by atoms with Crippen LogP contribution in [0.2, 0.25) is 0 Å². The first kappa shape index (κ1) is 19.2. The van der Waals surface area contributed by atoms with Gasteiger partial charge in [-0.3, -0.25) is 4.79 Å². The van der Waals surface area contributed by atoms with Crippen LogP contribution in [0.3, 0.4) is 0 Å². The van der Waals surface area contributed by atoms with Crippen molar-refractivity contribution in [2.24, 2.45) is 0 Å². The van der Waals surface area contributed by atoms with Crippen molar-refractivity contribution in [2.45, 2.75) is 39.8 Å². The fourth-order valence-electron chi connectivity index (χ4n) is 1.67. The van der Waals surface area contributed by atoms with Crippen LogP contribution in [0.25, 0.3) is 0 Å². The molecule has 0 spiro atoms. The minimum absolute atomic E-state index is 0.0715. The minimum Gasteiger partial charge on any atom is -0.444 e. The van der Waals surface area contributed by atoms with Gasteiger partial charge in [-0.25, -0.2) is 4.79 Å². The number of hydrogen-bond donors (Lipinski definition) is 3. The van der Waals surface area contributed by atoms with Gasteiger partial charge in [0.1, 0.15) is 5.60 Å². The van der Waals surface area contributed by atoms with E-state index < -0.39 is 11.7 Å². The maximum absolute atomic E-state index is 11.4. The number of carbonyl (C=O) groups excluding carboxylic acids is 2. The smallest absolute Gasteiger partial charge is 0.407 e. The van der Waals surface area contributed by atoms with E-state index in [1.54, 1.807) is 11.3 Å². The van der Waals surface area contributed by atoms with E-state index in [0.29, 0.717) is 19.6 Å². The lowest BCUT2D eigenvalue weighted by Gasteiger charge is -2.19. The fraction of sp³-hybridized carbons (Fsp3) is 0.500. The predicted molar refractivity (Wildman–Crippen MR) is 93.7 cm³/mol. The zero-order chi connectivity index (χ0) is 17.3. The molecule has 3 N–H and O–H groups in total. The van der Waals surface area contributed by atoms with E-state index in [9.17, 15) is 9.59 Å². The summed E-state index contributed by atoms with van der Waals surface area (Å²) in [6.07, 6.45) is 3.37. The van der Waals surface area contributed by atoms with Crippen LogP contribution in [0, 0.1) is 0 Å². The second-order valence-corrected chi connectivity index (χ2v) is 6.92. The van der Waals surface area contributed by atoms with Gasteiger partial charge in [-0.05, 0) is 32.2 Å². The van der Waals surface area contributed by atoms with E-state index in [2.05, 4.69) is 16.0 Å². The van der Waals surface area contributed by atoms with Crippen molar-refractivity contribution in [1.29, 1.82) is 0 Å². The largest absolute Gasteiger partial charge is 0.444 e. The summed E-state index contributed by atoms with van der Waals surface area (Å²) in [7, 11) is 0. The molecule has 0 aliphatic carbocycles. The number of alkyl carbamates (subject to hydrolysis) is 1. The molecular formula is C16H25N3O3S. The second kappa shape index (κ2) is 9.32. The summed E-state index contributed by atoms with van der Waals surface area (Å²) in [6, 6.07) is 1.89. The van der Waals surface area contributed by atoms with Crippen LogP contribution in [0.1, 0.15) is 32.6 Å². The molecule has 0 radical (unpaired) electrons. The Morgan fingerprint density at radius 3 is 2.61 bits per heavy atom. The highest BCUT2D eigenvalue weighted by Crippen LogP contribution is 2.21. The third-order valence-corrected chi connectivity index (χ3v) is 3.45. The summed E-state index contributed by atoms with van der Waals surface area (Å²) >= 11 is 1.59. The van der Waals surface area contributed by atoms with Crippen LogP contribution in [0.4, 0.5) is 10.5 Å². The van der Waals surface area contributed by atoms with Crippen molar-refractivity contribution in [3.05, 3.63) is 28.5 Å². The first-order valence-corrected chi connectivity index (χ1v) is 8.32. The summed E-state index contributed by atoms with van der Waals surface area (Å²) < 4.78 is 5.13. The van der Waals surface area contributed by atoms with Gasteiger partial charge in [0.15, 0.2) is 0 Å². The molecule has 0 atom stereocenters. The second-order valence-electron chi connectivity index (χ2n) is 5.92. The lowest BCUT2D eigenvalue weighted by atomic mass is 10.2. The molecule has 0 unspecified atom stereocenters. The SMILES string of the molecule is CC(=O)Nc1ccsc1CNC/C=C/CNC(=O)OC(C)(C)C. The Bertz CT molecular complexity index is 547. The molecule has 1 aromatic heterocycles. The van der Waals surface area contributed by atoms with Gasteiger partial charge in [0.25, 0.3) is 0 Å². The van der Waals surface area contributed by atoms with E-state index in [1.165, 1.54) is 6.92 Å². The molecule has 1 rings (SSSR count). The fourth-order valence-corrected chi connectivity index (χ4v) is 2.47. The summed E-state index contributed by atoms with van der Waals surface area (Å²) in [5.41, 5.74) is 0.368. The van der Waals surface area contributed by atoms with Gasteiger partial charge in [0.05, 0.1) is 5.69 Å². The summed E-state index contributed by atoms with van der Waals surface area (Å²) in [6.45, 7) is 8.75. The quantitative estimate of drug-likeness (QED) is 0.527. The van der Waals surface area contributed by atoms with Gasteiger partial charge in [-0.1, -0.05) is 12.2 Å². The Morgan fingerprint density at radius 1 is 1.26 bits per heavy atom. The zero-order valence-corrected chi connectivity index (χ0v) is 14.9. The van der Waals surface area contributed by atoms with Crippen molar-refractivity contribution >= 4 is 29.0 Å². The Morgan fingerprint density at radius 2 is 1.96 bits per heavy atom. The lowest BCUT2D eigenvalue weighted by molar-refractivity contribution is -0.114. The van der Waals surface area contributed by atoms with Crippen LogP contribution in [-0.2, 0) is 16.1 Å². The minimum atomic E-state index is -0.484. The summed E-state index contributed by atoms with van der Waals surface area (Å²) in [5, 5.41) is 10.7. The number of hydrogen-bond acceptors (Lipinski definition) is 5. The Labute approximate surface area is 141 Å². The van der Waals surface area contributed by atoms with E-state index >= 15 is 0 Å². The first-order chi connectivity index (χ1) is 10.8. The van der Waals surface area contributed by atoms with Crippen LogP contribution in [-0.4, -0.2) is 30.7 Å². The van der Waals surface area contributed by atoms with Gasteiger partial charge < -0.3 is 20.7 Å². The molecule has 0 aliphatic rings. The molecule has 23 heavy (non-hydrogen) atoms. The molecule has 0 aliphatic heterocycles. The summed E-state index contributed by atoms with van der Waals surface area (Å²) in [5.74, 6) is -0.0715. The van der Waals surface area contributed by atoms with Crippen LogP contribution in [0.15, 0.2) is 23.6 Å². The van der Waals surface area contributed by atoms with E-state index in [-0.39, 0.29) is 5.91 Å². The lowest BCUT2D eigenvalue weighted by Crippen LogP contribution is -2.32. The molecule has 0 saturated heterocycles. The first-order valence-electron chi connectivity index (χ1n) is 7.44. The van der Waals surface area contributed by atoms with E-state index in [0.717, 1.165) is 10.6 Å². The third-order valence-electron chi connectivity index (χ3n) is 2.53. The molecule has 0 aromatic carbocycles. The predicted octanol–water partition coefficient (Wildman–Crippen LogP) is 2.88. The number of rotatable bonds is 7. The molecule has 7 heteroatoms. The van der Waals surface area contributed by atoms with Gasteiger partial charge in [-0.15, -0.1) is 11.3 Å². The van der Waals surface area contributed by atoms with Gasteiger partial charge in [0, 0.05) is 31.4 Å². The highest BCUT2D eigenvalue weighted by molar-refractivity contribution is 7.10. The Kier molecular flexibility index (Phi) is 7.77. The van der Waals surface area contributed by atoms with Crippen LogP contribution < -0.4 is 16.0 Å². The van der Waals surface area contributed by atoms with Crippen molar-refractivity contribution in [3.8, 4) is 0 Å². The molecular weight excluding hydrogens is 314 g/mol. The highest BCUT2D eigenvalue weighted by atomic mass is 32.1. The number of ether oxygens (including phenoxy) is 1. The van der Waals surface area contributed by atoms with Crippen LogP contribution >= 0.6 is 11.3 Å². The topological polar surface area (TPSA) is 79.5 Å². The molecule has 0 fully saturated rings. The molecule has 1 aromatic rings. The van der Waals surface area contributed by atoms with Crippen molar-refractivity contribution in [2.75, 3.05) is 18.4 Å². The Balaban J connectivity index is 2.19. The number of anilines is 1. The number of thiophene rings is 1. The average Bonchev–Trinajstić information content (AvgIpc) is 2.82. The average molecular weight is 339 g/mol. The molecule has 6 nitrogen and oxygen atoms in total. The normalized spacial score (nSPS) is 11.5. The summed E-state index contributed by atoms with van der Waals surface area (Å²) in [4.78, 5) is 23.6. The standard InChI is InChI=1S/C16H25N3O3S/c1-12(20)19-13-7-10-23-14(13)11-17-8-5-6-9-18-15(21)22-16(2,3)4/h5-7,10,17H,8-9,11H2,1-4H3,(H,18,21)(H,19,20)/b6-5+. The van der Waals surface area contributed by atoms with Crippen molar-refractivity contribution in [3.63, 3.8) is 0 Å². The van der Waals surface area contributed by atoms with E-state index in [4.69, 9.17) is 4.74 Å². The van der Waals surface area contributed by atoms with Gasteiger partial charge >= 0.3 is 6.09 Å². The third kappa shape index (κ3) is 9.00. The zero-order valence-electron chi connectivity index (χ0n) is 14.1. The van der Waals surface area contributed by atoms with Gasteiger partial charge in [-0.2, -0.15) is 0 Å². The maximum Gasteiger partial charge on any atom is 0.407 e. The van der Waals surface area contributed by atoms with Crippen molar-refractivity contribution in [1.82, 2.24) is 10.6 Å². The highest BCUT2D eigenvalue weighted by Gasteiger charge is 2.14. The molecule has 128 valence electrons. The molecule has 1 heterocycles. The number of amides is 2. The maximum atomic E-state index is 11.4. The monoisotopic (exact) mass is 339 g/mol. The van der Waals surface area contributed by atoms with Gasteiger partial charge in [0.2, 0.25) is 5.91 Å². The molecule has 0 bridgehead atoms. The molecule has 0 saturated carbocycles. The Hall–Kier alpha value is -1.86. The van der Waals surface area contributed by atoms with E-state index in [1.807, 2.05) is 44.4 Å².